The highest BCUT2D eigenvalue weighted by molar-refractivity contribution is 7.07. The number of thiazole rings is 1. The molecule has 0 N–H and O–H groups in total. The molecule has 44 heavy (non-hydrogen) atoms. The Bertz CT molecular complexity index is 2170. The predicted molar refractivity (Wildman–Crippen MR) is 171 cm³/mol. The van der Waals surface area contributed by atoms with E-state index in [1.807, 2.05) is 91.9 Å². The van der Waals surface area contributed by atoms with E-state index in [1.54, 1.807) is 24.5 Å². The van der Waals surface area contributed by atoms with Crippen molar-refractivity contribution in [3.8, 4) is 11.8 Å². The Morgan fingerprint density at radius 1 is 1.02 bits per heavy atom. The van der Waals surface area contributed by atoms with E-state index < -0.39 is 12.0 Å². The first-order valence-electron chi connectivity index (χ1n) is 14.3. The molecule has 0 bridgehead atoms. The normalized spacial score (nSPS) is 14.6. The van der Waals surface area contributed by atoms with E-state index in [2.05, 4.69) is 6.07 Å². The van der Waals surface area contributed by atoms with Crippen molar-refractivity contribution in [1.82, 2.24) is 4.57 Å². The summed E-state index contributed by atoms with van der Waals surface area (Å²) in [7, 11) is 0. The number of nitriles is 1. The largest absolute Gasteiger partial charge is 0.488 e. The molecule has 4 aromatic carbocycles. The molecule has 0 unspecified atom stereocenters. The Morgan fingerprint density at radius 3 is 2.55 bits per heavy atom. The summed E-state index contributed by atoms with van der Waals surface area (Å²) in [5.41, 5.74) is 4.54. The first kappa shape index (κ1) is 28.8. The number of allylic oxidation sites excluding steroid dienone is 1. The zero-order chi connectivity index (χ0) is 30.8. The van der Waals surface area contributed by atoms with Crippen LogP contribution in [-0.4, -0.2) is 17.1 Å². The number of carbonyl (C=O) groups is 1. The number of hydrogen-bond acceptors (Lipinski definition) is 7. The highest BCUT2D eigenvalue weighted by atomic mass is 32.1. The second-order valence-electron chi connectivity index (χ2n) is 10.5. The van der Waals surface area contributed by atoms with Gasteiger partial charge in [-0.2, -0.15) is 5.26 Å². The molecule has 1 atom stereocenters. The molecule has 7 nitrogen and oxygen atoms in total. The summed E-state index contributed by atoms with van der Waals surface area (Å²) in [6.07, 6.45) is 1.84. The summed E-state index contributed by atoms with van der Waals surface area (Å²) in [4.78, 5) is 32.7. The summed E-state index contributed by atoms with van der Waals surface area (Å²) < 4.78 is 13.8. The smallest absolute Gasteiger partial charge is 0.338 e. The van der Waals surface area contributed by atoms with Gasteiger partial charge in [0.25, 0.3) is 5.56 Å². The lowest BCUT2D eigenvalue weighted by molar-refractivity contribution is -0.139. The van der Waals surface area contributed by atoms with Gasteiger partial charge in [-0.1, -0.05) is 89.7 Å². The summed E-state index contributed by atoms with van der Waals surface area (Å²) in [5.74, 6) is 0.0942. The Hall–Kier alpha value is -5.26. The maximum Gasteiger partial charge on any atom is 0.338 e. The fraction of sp³-hybridized carbons (Fsp3) is 0.167. The summed E-state index contributed by atoms with van der Waals surface area (Å²) >= 11 is 1.27. The van der Waals surface area contributed by atoms with Crippen molar-refractivity contribution in [1.29, 1.82) is 5.26 Å². The van der Waals surface area contributed by atoms with Gasteiger partial charge < -0.3 is 9.47 Å². The highest BCUT2D eigenvalue weighted by Crippen LogP contribution is 2.32. The lowest BCUT2D eigenvalue weighted by atomic mass is 9.95. The fourth-order valence-corrected chi connectivity index (χ4v) is 6.48. The molecule has 1 aliphatic heterocycles. The van der Waals surface area contributed by atoms with Crippen molar-refractivity contribution in [3.05, 3.63) is 144 Å². The monoisotopic (exact) mass is 599 g/mol. The van der Waals surface area contributed by atoms with E-state index in [9.17, 15) is 14.9 Å². The quantitative estimate of drug-likeness (QED) is 0.224. The fourth-order valence-electron chi connectivity index (χ4n) is 5.45. The van der Waals surface area contributed by atoms with Gasteiger partial charge in [0.05, 0.1) is 40.1 Å². The van der Waals surface area contributed by atoms with Crippen molar-refractivity contribution in [3.63, 3.8) is 0 Å². The first-order chi connectivity index (χ1) is 21.4. The van der Waals surface area contributed by atoms with Crippen molar-refractivity contribution >= 4 is 34.2 Å². The van der Waals surface area contributed by atoms with Crippen LogP contribution in [0.3, 0.4) is 0 Å². The molecule has 0 radical (unpaired) electrons. The van der Waals surface area contributed by atoms with Crippen LogP contribution in [0, 0.1) is 18.3 Å². The molecule has 6 rings (SSSR count). The van der Waals surface area contributed by atoms with Crippen LogP contribution >= 0.6 is 11.3 Å². The molecule has 0 aliphatic carbocycles. The zero-order valence-electron chi connectivity index (χ0n) is 24.5. The van der Waals surface area contributed by atoms with Gasteiger partial charge in [0.1, 0.15) is 12.4 Å². The van der Waals surface area contributed by atoms with E-state index in [1.165, 1.54) is 11.3 Å². The zero-order valence-corrected chi connectivity index (χ0v) is 25.4. The Balaban J connectivity index is 1.53. The molecule has 2 heterocycles. The predicted octanol–water partition coefficient (Wildman–Crippen LogP) is 5.71. The second kappa shape index (κ2) is 12.2. The molecule has 0 saturated heterocycles. The minimum atomic E-state index is -0.682. The van der Waals surface area contributed by atoms with Crippen LogP contribution in [0.1, 0.15) is 47.7 Å². The van der Waals surface area contributed by atoms with E-state index >= 15 is 0 Å². The number of aromatic nitrogens is 1. The average Bonchev–Trinajstić information content (AvgIpc) is 3.34. The lowest BCUT2D eigenvalue weighted by Gasteiger charge is -2.24. The van der Waals surface area contributed by atoms with Crippen molar-refractivity contribution < 1.29 is 14.3 Å². The Morgan fingerprint density at radius 2 is 1.77 bits per heavy atom. The number of carbonyl (C=O) groups excluding carboxylic acids is 1. The summed E-state index contributed by atoms with van der Waals surface area (Å²) in [5, 5.41) is 11.5. The van der Waals surface area contributed by atoms with Gasteiger partial charge >= 0.3 is 5.97 Å². The number of nitrogens with zero attached hydrogens (tertiary/aromatic N) is 3. The second-order valence-corrected chi connectivity index (χ2v) is 11.5. The van der Waals surface area contributed by atoms with Crippen molar-refractivity contribution in [2.24, 2.45) is 4.99 Å². The van der Waals surface area contributed by atoms with Crippen LogP contribution in [0.5, 0.6) is 5.75 Å². The highest BCUT2D eigenvalue weighted by Gasteiger charge is 2.33. The molecular formula is C36H29N3O4S. The molecule has 1 aromatic heterocycles. The number of ether oxygens (including phenoxy) is 2. The van der Waals surface area contributed by atoms with Crippen LogP contribution in [-0.2, 0) is 16.1 Å². The van der Waals surface area contributed by atoms with Crippen molar-refractivity contribution in [2.45, 2.75) is 33.4 Å². The van der Waals surface area contributed by atoms with Gasteiger partial charge in [-0.3, -0.25) is 9.36 Å². The van der Waals surface area contributed by atoms with Gasteiger partial charge in [0.15, 0.2) is 4.80 Å². The molecular weight excluding hydrogens is 570 g/mol. The number of aryl methyl sites for hydroxylation is 1. The molecule has 1 aliphatic rings. The third kappa shape index (κ3) is 5.34. The van der Waals surface area contributed by atoms with Gasteiger partial charge in [0.2, 0.25) is 0 Å². The lowest BCUT2D eigenvalue weighted by Crippen LogP contribution is -2.39. The molecule has 8 heteroatoms. The number of rotatable bonds is 7. The third-order valence-electron chi connectivity index (χ3n) is 7.64. The van der Waals surface area contributed by atoms with Crippen LogP contribution in [0.25, 0.3) is 16.8 Å². The molecule has 0 fully saturated rings. The van der Waals surface area contributed by atoms with Gasteiger partial charge in [-0.05, 0) is 55.3 Å². The maximum absolute atomic E-state index is 14.2. The summed E-state index contributed by atoms with van der Waals surface area (Å²) in [6.45, 7) is 5.93. The van der Waals surface area contributed by atoms with E-state index in [0.29, 0.717) is 31.9 Å². The first-order valence-corrected chi connectivity index (χ1v) is 15.1. The number of benzene rings is 4. The molecule has 5 aromatic rings. The summed E-state index contributed by atoms with van der Waals surface area (Å²) in [6, 6.07) is 28.4. The molecule has 0 saturated carbocycles. The van der Waals surface area contributed by atoms with E-state index in [0.717, 1.165) is 33.0 Å². The SMILES string of the molecule is CCOC(=O)C1=C(C)N=c2s/c(=C\c3c(OCc4ccccc4C#N)ccc4ccccc34)c(=O)n2[C@@H]1c1ccc(C)cc1. The molecule has 0 spiro atoms. The molecule has 218 valence electrons. The van der Waals surface area contributed by atoms with Crippen LogP contribution in [0.2, 0.25) is 0 Å². The standard InChI is InChI=1S/C36H29N3O4S/c1-4-42-35(41)32-23(3)38-36-39(33(32)25-15-13-22(2)14-16-25)34(40)31(44-36)19-29-28-12-8-7-9-24(28)17-18-30(29)43-21-27-11-6-5-10-26(27)20-37/h5-19,33H,4,21H2,1-3H3/b31-19-/t33-/m1/s1. The van der Waals surface area contributed by atoms with E-state index in [4.69, 9.17) is 14.5 Å². The number of esters is 1. The van der Waals surface area contributed by atoms with E-state index in [-0.39, 0.29) is 18.8 Å². The van der Waals surface area contributed by atoms with Gasteiger partial charge in [0, 0.05) is 11.1 Å². The van der Waals surface area contributed by atoms with Crippen LogP contribution in [0.15, 0.2) is 106 Å². The third-order valence-corrected chi connectivity index (χ3v) is 8.62. The Kier molecular flexibility index (Phi) is 7.97. The average molecular weight is 600 g/mol. The van der Waals surface area contributed by atoms with Gasteiger partial charge in [-0.15, -0.1) is 0 Å². The maximum atomic E-state index is 14.2. The number of fused-ring (bicyclic) bond motifs is 2. The van der Waals surface area contributed by atoms with Crippen molar-refractivity contribution in [2.75, 3.05) is 6.61 Å². The van der Waals surface area contributed by atoms with Crippen LogP contribution in [0.4, 0.5) is 0 Å². The van der Waals surface area contributed by atoms with Gasteiger partial charge in [-0.25, -0.2) is 9.79 Å². The minimum Gasteiger partial charge on any atom is -0.488 e. The Labute approximate surface area is 258 Å². The van der Waals surface area contributed by atoms with Crippen LogP contribution < -0.4 is 19.6 Å². The number of hydrogen-bond donors (Lipinski definition) is 0. The minimum absolute atomic E-state index is 0.194. The topological polar surface area (TPSA) is 93.7 Å². The molecule has 0 amide bonds.